The van der Waals surface area contributed by atoms with Crippen LogP contribution < -0.4 is 14.2 Å². The van der Waals surface area contributed by atoms with Crippen LogP contribution in [-0.2, 0) is 57.1 Å². The third-order valence-electron chi connectivity index (χ3n) is 22.5. The minimum Gasteiger partial charge on any atom is -0.482 e. The zero-order valence-corrected chi connectivity index (χ0v) is 70.6. The van der Waals surface area contributed by atoms with Gasteiger partial charge in [0.05, 0.1) is 11.1 Å². The summed E-state index contributed by atoms with van der Waals surface area (Å²) in [6, 6.07) is 38.6. The van der Waals surface area contributed by atoms with Gasteiger partial charge in [0.25, 0.3) is 0 Å². The molecule has 0 bridgehead atoms. The number of hydrogen-bond acceptors (Lipinski definition) is 17. The molecule has 5 atom stereocenters. The Morgan fingerprint density at radius 1 is 0.333 bits per heavy atom. The van der Waals surface area contributed by atoms with Gasteiger partial charge in [-0.3, -0.25) is 0 Å². The van der Waals surface area contributed by atoms with Crippen molar-refractivity contribution in [3.05, 3.63) is 160 Å². The predicted molar refractivity (Wildman–Crippen MR) is 439 cm³/mol. The van der Waals surface area contributed by atoms with Crippen LogP contribution >= 0.6 is 0 Å². The van der Waals surface area contributed by atoms with Crippen molar-refractivity contribution in [1.82, 2.24) is 0 Å². The number of ether oxygens (including phenoxy) is 10. The maximum atomic E-state index is 12.1. The summed E-state index contributed by atoms with van der Waals surface area (Å²) < 4.78 is 54.4. The van der Waals surface area contributed by atoms with Crippen LogP contribution in [-0.4, -0.2) is 103 Å². The second-order valence-corrected chi connectivity index (χ2v) is 32.5. The summed E-state index contributed by atoms with van der Waals surface area (Å²) in [5, 5.41) is 0. The number of carbonyl (C=O) groups is 7. The molecule has 5 aromatic carbocycles. The van der Waals surface area contributed by atoms with Crippen molar-refractivity contribution in [3.8, 4) is 17.2 Å². The maximum absolute atomic E-state index is 12.1. The first-order valence-electron chi connectivity index (χ1n) is 41.7. The van der Waals surface area contributed by atoms with Gasteiger partial charge in [0.15, 0.2) is 33.0 Å². The van der Waals surface area contributed by atoms with E-state index in [4.69, 9.17) is 47.4 Å². The van der Waals surface area contributed by atoms with E-state index in [0.29, 0.717) is 46.5 Å². The fraction of sp³-hybridized carbons (Fsp3) is 0.606. The Hall–Kier alpha value is -8.21. The average Bonchev–Trinajstić information content (AvgIpc) is 1.50. The molecule has 614 valence electrons. The molecular weight excluding hydrogens is 1400 g/mol. The summed E-state index contributed by atoms with van der Waals surface area (Å²) in [5.74, 6) is 1.89. The van der Waals surface area contributed by atoms with Crippen molar-refractivity contribution in [2.45, 2.75) is 336 Å². The monoisotopic (exact) mass is 1540 g/mol. The highest BCUT2D eigenvalue weighted by atomic mass is 16.6. The number of rotatable bonds is 31. The first kappa shape index (κ1) is 93.4. The van der Waals surface area contributed by atoms with E-state index in [1.165, 1.54) is 40.7 Å². The fourth-order valence-corrected chi connectivity index (χ4v) is 14.0. The molecule has 0 aromatic heterocycles. The van der Waals surface area contributed by atoms with Crippen LogP contribution in [0.4, 0.5) is 0 Å². The van der Waals surface area contributed by atoms with Gasteiger partial charge in [-0.15, -0.1) is 0 Å². The van der Waals surface area contributed by atoms with Gasteiger partial charge >= 0.3 is 41.8 Å². The molecule has 0 amide bonds. The molecule has 4 fully saturated rings. The summed E-state index contributed by atoms with van der Waals surface area (Å²) in [4.78, 5) is 83.5. The van der Waals surface area contributed by atoms with Gasteiger partial charge in [-0.05, 0) is 300 Å². The Morgan fingerprint density at radius 3 is 0.973 bits per heavy atom. The molecule has 0 spiro atoms. The lowest BCUT2D eigenvalue weighted by molar-refractivity contribution is -0.166. The number of esters is 7. The largest absolute Gasteiger partial charge is 0.482 e. The van der Waals surface area contributed by atoms with Crippen LogP contribution in [0.2, 0.25) is 0 Å². The average molecular weight is 1540 g/mol. The highest BCUT2D eigenvalue weighted by molar-refractivity contribution is 5.91. The van der Waals surface area contributed by atoms with E-state index in [2.05, 4.69) is 94.4 Å². The van der Waals surface area contributed by atoms with E-state index >= 15 is 0 Å². The molecule has 4 aliphatic rings. The van der Waals surface area contributed by atoms with Gasteiger partial charge in [0.2, 0.25) is 0 Å². The Bertz CT molecular complexity index is 3570. The Labute approximate surface area is 665 Å². The van der Waals surface area contributed by atoms with Gasteiger partial charge in [0.1, 0.15) is 45.3 Å². The highest BCUT2D eigenvalue weighted by Crippen LogP contribution is 2.38. The quantitative estimate of drug-likeness (QED) is 0.0298. The standard InChI is InChI=1S/2C20H28O4.C20H30O3.C18H26O3.C16H24O3/c1-4-15(2)16-8-10-17(11-9-16)19(22)23-14-18(21)24-20(3)12-6-5-7-13-20;1-4-15(3)16-8-10-17(11-9-16)19(22)23-14-18(21)24-20(5-2)12-6-7-13-20;1-4-16(3)17-9-11-18(12-10-17)22-15-19(21)23-20(5-2)13-7-6-8-14-20;1-4-14(2)15-8-7-9-16(12-15)20-13-17(19)21-18(3)10-5-6-11-18;1-6-12(2)13-7-9-14(10-8-13)18-11-15(17)19-16(3,4)5/h2*8-11,15H,4-7,12-14H2,1-3H3;9-12,16H,4-8,13-15H2,1-3H3;7-9,12,14H,4-6,10-11,13H2,1-3H3;7-10,12H,6,11H2,1-5H3. The van der Waals surface area contributed by atoms with Gasteiger partial charge in [-0.1, -0.05) is 157 Å². The smallest absolute Gasteiger partial charge is 0.344 e. The maximum Gasteiger partial charge on any atom is 0.344 e. The topological polar surface area (TPSA) is 212 Å². The molecule has 4 aliphatic carbocycles. The fourth-order valence-electron chi connectivity index (χ4n) is 14.0. The SMILES string of the molecule is CCC(C)c1ccc(C(=O)OCC(=O)OC2(C)CCCCC2)cc1.CCC(C)c1ccc(C(=O)OCC(=O)OC2(CC)CCCC2)cc1.CCC(C)c1ccc(OCC(=O)OC(C)(C)C)cc1.CCC(C)c1ccc(OCC(=O)OC2(CC)CCCCC2)cc1.CCC(C)c1cccc(OCC(=O)OC2(C)CCCC2)c1. The van der Waals surface area contributed by atoms with Crippen LogP contribution in [0.3, 0.4) is 0 Å². The highest BCUT2D eigenvalue weighted by Gasteiger charge is 2.38. The third kappa shape index (κ3) is 33.6. The molecule has 0 N–H and O–H groups in total. The summed E-state index contributed by atoms with van der Waals surface area (Å²) in [6.45, 7) is 34.5. The van der Waals surface area contributed by atoms with Crippen LogP contribution in [0.25, 0.3) is 0 Å². The molecule has 111 heavy (non-hydrogen) atoms. The second kappa shape index (κ2) is 47.3. The molecular formula is C94H136O17. The second-order valence-electron chi connectivity index (χ2n) is 32.5. The lowest BCUT2D eigenvalue weighted by Gasteiger charge is -2.35. The van der Waals surface area contributed by atoms with Gasteiger partial charge in [0, 0.05) is 0 Å². The molecule has 0 heterocycles. The molecule has 5 aromatic rings. The predicted octanol–water partition coefficient (Wildman–Crippen LogP) is 22.9. The third-order valence-corrected chi connectivity index (χ3v) is 22.5. The minimum atomic E-state index is -0.489. The van der Waals surface area contributed by atoms with Crippen LogP contribution in [0.15, 0.2) is 121 Å². The van der Waals surface area contributed by atoms with Crippen molar-refractivity contribution in [3.63, 3.8) is 0 Å². The van der Waals surface area contributed by atoms with E-state index in [0.717, 1.165) is 159 Å². The van der Waals surface area contributed by atoms with E-state index in [-0.39, 0.29) is 67.7 Å². The summed E-state index contributed by atoms with van der Waals surface area (Å²) in [6.07, 6.45) is 25.9. The summed E-state index contributed by atoms with van der Waals surface area (Å²) >= 11 is 0. The first-order valence-corrected chi connectivity index (χ1v) is 41.7. The van der Waals surface area contributed by atoms with E-state index < -0.39 is 35.1 Å². The lowest BCUT2D eigenvalue weighted by atomic mass is 9.83. The van der Waals surface area contributed by atoms with Gasteiger partial charge in [-0.2, -0.15) is 0 Å². The van der Waals surface area contributed by atoms with Gasteiger partial charge in [-0.25, -0.2) is 33.6 Å². The lowest BCUT2D eigenvalue weighted by Crippen LogP contribution is -2.38. The van der Waals surface area contributed by atoms with E-state index in [1.807, 2.05) is 120 Å². The van der Waals surface area contributed by atoms with Crippen molar-refractivity contribution in [1.29, 1.82) is 0 Å². The molecule has 4 saturated carbocycles. The van der Waals surface area contributed by atoms with Crippen LogP contribution in [0, 0.1) is 0 Å². The first-order chi connectivity index (χ1) is 52.8. The van der Waals surface area contributed by atoms with E-state index in [1.54, 1.807) is 24.3 Å². The van der Waals surface area contributed by atoms with E-state index in [9.17, 15) is 33.6 Å². The minimum absolute atomic E-state index is 0.00950. The van der Waals surface area contributed by atoms with Crippen molar-refractivity contribution >= 4 is 41.8 Å². The van der Waals surface area contributed by atoms with Gasteiger partial charge < -0.3 is 47.4 Å². The number of hydrogen-bond donors (Lipinski definition) is 0. The Balaban J connectivity index is 0.000000249. The zero-order valence-electron chi connectivity index (χ0n) is 70.6. The molecule has 0 radical (unpaired) electrons. The van der Waals surface area contributed by atoms with Crippen molar-refractivity contribution < 1.29 is 80.9 Å². The van der Waals surface area contributed by atoms with Crippen molar-refractivity contribution in [2.24, 2.45) is 0 Å². The zero-order chi connectivity index (χ0) is 81.6. The summed E-state index contributed by atoms with van der Waals surface area (Å²) in [5.41, 5.74) is 5.38. The van der Waals surface area contributed by atoms with Crippen molar-refractivity contribution in [2.75, 3.05) is 33.0 Å². The Kier molecular flexibility index (Phi) is 39.8. The number of benzene rings is 5. The molecule has 17 heteroatoms. The molecule has 0 saturated heterocycles. The molecule has 9 rings (SSSR count). The number of carbonyl (C=O) groups excluding carboxylic acids is 7. The normalized spacial score (nSPS) is 17.0. The summed E-state index contributed by atoms with van der Waals surface area (Å²) in [7, 11) is 0. The molecule has 5 unspecified atom stereocenters. The van der Waals surface area contributed by atoms with Crippen LogP contribution in [0.1, 0.15) is 356 Å². The molecule has 0 aliphatic heterocycles. The van der Waals surface area contributed by atoms with Crippen LogP contribution in [0.5, 0.6) is 17.2 Å². The molecule has 17 nitrogen and oxygen atoms in total. The Morgan fingerprint density at radius 2 is 0.622 bits per heavy atom.